The molecule has 0 radical (unpaired) electrons. The van der Waals surface area contributed by atoms with Crippen molar-refractivity contribution in [2.75, 3.05) is 7.11 Å². The van der Waals surface area contributed by atoms with Crippen LogP contribution >= 0.6 is 0 Å². The summed E-state index contributed by atoms with van der Waals surface area (Å²) in [6.07, 6.45) is 1.47. The molecule has 19 heavy (non-hydrogen) atoms. The van der Waals surface area contributed by atoms with E-state index in [0.717, 1.165) is 0 Å². The molecule has 0 saturated carbocycles. The lowest BCUT2D eigenvalue weighted by Gasteiger charge is -2.00. The first-order valence-electron chi connectivity index (χ1n) is 5.49. The zero-order chi connectivity index (χ0) is 13.8. The highest BCUT2D eigenvalue weighted by molar-refractivity contribution is 6.19. The third kappa shape index (κ3) is 2.98. The summed E-state index contributed by atoms with van der Waals surface area (Å²) in [6.45, 7) is 1.60. The van der Waals surface area contributed by atoms with Gasteiger partial charge in [-0.1, -0.05) is 12.1 Å². The van der Waals surface area contributed by atoms with Gasteiger partial charge in [0.15, 0.2) is 0 Å². The minimum Gasteiger partial charge on any atom is -0.497 e. The van der Waals surface area contributed by atoms with Crippen molar-refractivity contribution in [2.24, 2.45) is 0 Å². The average molecular weight is 260 g/mol. The largest absolute Gasteiger partial charge is 0.497 e. The van der Waals surface area contributed by atoms with Crippen LogP contribution < -0.4 is 4.74 Å². The molecule has 0 fully saturated rings. The summed E-state index contributed by atoms with van der Waals surface area (Å²) in [6, 6.07) is 6.96. The number of aryl methyl sites for hydroxylation is 1. The van der Waals surface area contributed by atoms with Crippen molar-refractivity contribution in [3.05, 3.63) is 41.6 Å². The molecule has 6 nitrogen and oxygen atoms in total. The van der Waals surface area contributed by atoms with Crippen molar-refractivity contribution in [1.82, 2.24) is 10.2 Å². The Morgan fingerprint density at radius 1 is 1.32 bits per heavy atom. The van der Waals surface area contributed by atoms with E-state index >= 15 is 0 Å². The highest BCUT2D eigenvalue weighted by atomic mass is 16.5. The smallest absolute Gasteiger partial charge is 0.341 e. The Morgan fingerprint density at radius 3 is 2.47 bits per heavy atom. The van der Waals surface area contributed by atoms with E-state index in [4.69, 9.17) is 9.15 Å². The molecule has 0 saturated heterocycles. The first-order valence-corrected chi connectivity index (χ1v) is 5.49. The maximum absolute atomic E-state index is 11.2. The first kappa shape index (κ1) is 12.8. The molecule has 1 N–H and O–H groups in total. The van der Waals surface area contributed by atoms with Gasteiger partial charge in [-0.2, -0.15) is 0 Å². The summed E-state index contributed by atoms with van der Waals surface area (Å²) in [5.41, 5.74) is 0.653. The number of aliphatic carboxylic acids is 1. The predicted molar refractivity (Wildman–Crippen MR) is 67.5 cm³/mol. The van der Waals surface area contributed by atoms with Crippen molar-refractivity contribution >= 4 is 17.6 Å². The molecule has 0 spiro atoms. The maximum atomic E-state index is 11.2. The number of benzene rings is 1. The molecular weight excluding hydrogens is 248 g/mol. The number of carboxylic acid groups (broad SMARTS) is 1. The number of aromatic nitrogens is 2. The molecule has 0 atom stereocenters. The molecule has 0 aliphatic carbocycles. The van der Waals surface area contributed by atoms with E-state index in [1.807, 2.05) is 0 Å². The van der Waals surface area contributed by atoms with E-state index in [2.05, 4.69) is 10.2 Å². The lowest BCUT2D eigenvalue weighted by molar-refractivity contribution is -0.130. The molecule has 0 bridgehead atoms. The molecular formula is C13H12N2O4. The van der Waals surface area contributed by atoms with Gasteiger partial charge in [-0.25, -0.2) is 4.79 Å². The highest BCUT2D eigenvalue weighted by Crippen LogP contribution is 2.19. The maximum Gasteiger partial charge on any atom is 0.341 e. The van der Waals surface area contributed by atoms with E-state index in [-0.39, 0.29) is 11.5 Å². The summed E-state index contributed by atoms with van der Waals surface area (Å²) in [5.74, 6) is -0.125. The molecule has 0 amide bonds. The molecule has 1 heterocycles. The number of rotatable bonds is 4. The van der Waals surface area contributed by atoms with Crippen molar-refractivity contribution < 1.29 is 19.1 Å². The fourth-order valence-corrected chi connectivity index (χ4v) is 1.49. The Balaban J connectivity index is 2.37. The number of hydrogen-bond donors (Lipinski definition) is 1. The molecule has 0 aliphatic heterocycles. The second kappa shape index (κ2) is 5.34. The summed E-state index contributed by atoms with van der Waals surface area (Å²) in [4.78, 5) is 11.2. The van der Waals surface area contributed by atoms with E-state index in [9.17, 15) is 9.90 Å². The number of nitrogens with zero attached hydrogens (tertiary/aromatic N) is 2. The van der Waals surface area contributed by atoms with Crippen molar-refractivity contribution in [2.45, 2.75) is 6.92 Å². The van der Waals surface area contributed by atoms with Crippen LogP contribution in [0.15, 0.2) is 28.7 Å². The molecule has 1 aromatic heterocycles. The van der Waals surface area contributed by atoms with Gasteiger partial charge >= 0.3 is 5.97 Å². The van der Waals surface area contributed by atoms with Crippen LogP contribution in [0, 0.1) is 6.92 Å². The molecule has 0 unspecified atom stereocenters. The number of carbonyl (C=O) groups is 1. The zero-order valence-corrected chi connectivity index (χ0v) is 10.5. The van der Waals surface area contributed by atoms with Crippen LogP contribution in [0.2, 0.25) is 0 Å². The number of carboxylic acids is 1. The van der Waals surface area contributed by atoms with Gasteiger partial charge in [0.1, 0.15) is 11.3 Å². The Kier molecular flexibility index (Phi) is 3.61. The topological polar surface area (TPSA) is 85.5 Å². The monoisotopic (exact) mass is 260 g/mol. The van der Waals surface area contributed by atoms with E-state index in [0.29, 0.717) is 17.2 Å². The van der Waals surface area contributed by atoms with Crippen molar-refractivity contribution in [3.63, 3.8) is 0 Å². The molecule has 1 aromatic carbocycles. The van der Waals surface area contributed by atoms with Gasteiger partial charge in [0.2, 0.25) is 5.89 Å². The van der Waals surface area contributed by atoms with Gasteiger partial charge in [-0.05, 0) is 23.8 Å². The van der Waals surface area contributed by atoms with Crippen LogP contribution in [-0.2, 0) is 4.79 Å². The number of hydrogen-bond acceptors (Lipinski definition) is 5. The van der Waals surface area contributed by atoms with Gasteiger partial charge in [0, 0.05) is 6.92 Å². The van der Waals surface area contributed by atoms with Gasteiger partial charge in [-0.3, -0.25) is 0 Å². The summed E-state index contributed by atoms with van der Waals surface area (Å²) in [7, 11) is 1.56. The Morgan fingerprint density at radius 2 is 2.00 bits per heavy atom. The Labute approximate surface area is 109 Å². The van der Waals surface area contributed by atoms with Crippen LogP contribution in [0.1, 0.15) is 17.3 Å². The summed E-state index contributed by atoms with van der Waals surface area (Å²) < 4.78 is 10.2. The van der Waals surface area contributed by atoms with Gasteiger partial charge in [-0.15, -0.1) is 10.2 Å². The number of methoxy groups -OCH3 is 1. The fourth-order valence-electron chi connectivity index (χ4n) is 1.49. The molecule has 6 heteroatoms. The van der Waals surface area contributed by atoms with Gasteiger partial charge < -0.3 is 14.3 Å². The normalized spacial score (nSPS) is 11.4. The lowest BCUT2D eigenvalue weighted by Crippen LogP contribution is -2.00. The van der Waals surface area contributed by atoms with Crippen molar-refractivity contribution in [1.29, 1.82) is 0 Å². The third-order valence-corrected chi connectivity index (χ3v) is 2.41. The lowest BCUT2D eigenvalue weighted by atomic mass is 10.1. The van der Waals surface area contributed by atoms with Crippen LogP contribution in [0.4, 0.5) is 0 Å². The van der Waals surface area contributed by atoms with E-state index in [1.54, 1.807) is 38.3 Å². The van der Waals surface area contributed by atoms with Crippen LogP contribution in [0.3, 0.4) is 0 Å². The predicted octanol–water partition coefficient (Wildman–Crippen LogP) is 2.01. The molecule has 0 aliphatic rings. The molecule has 2 aromatic rings. The average Bonchev–Trinajstić information content (AvgIpc) is 2.82. The first-order chi connectivity index (χ1) is 9.10. The second-order valence-corrected chi connectivity index (χ2v) is 3.76. The van der Waals surface area contributed by atoms with Gasteiger partial charge in [0.05, 0.1) is 7.11 Å². The van der Waals surface area contributed by atoms with Crippen LogP contribution in [-0.4, -0.2) is 28.4 Å². The molecule has 2 rings (SSSR count). The molecule has 98 valence electrons. The third-order valence-electron chi connectivity index (χ3n) is 2.41. The van der Waals surface area contributed by atoms with Crippen LogP contribution in [0.25, 0.3) is 11.6 Å². The highest BCUT2D eigenvalue weighted by Gasteiger charge is 2.16. The SMILES string of the molecule is COc1ccc(/C=C(\C(=O)O)c2nnc(C)o2)cc1. The standard InChI is InChI=1S/C13H12N2O4/c1-8-14-15-12(19-8)11(13(16)17)7-9-3-5-10(18-2)6-4-9/h3-7H,1-2H3,(H,16,17)/b11-7-. The zero-order valence-electron chi connectivity index (χ0n) is 10.5. The minimum atomic E-state index is -1.13. The second-order valence-electron chi connectivity index (χ2n) is 3.76. The number of ether oxygens (including phenoxy) is 1. The van der Waals surface area contributed by atoms with Crippen molar-refractivity contribution in [3.8, 4) is 5.75 Å². The van der Waals surface area contributed by atoms with E-state index < -0.39 is 5.97 Å². The summed E-state index contributed by atoms with van der Waals surface area (Å²) in [5, 5.41) is 16.5. The Hall–Kier alpha value is -2.63. The van der Waals surface area contributed by atoms with E-state index in [1.165, 1.54) is 6.08 Å². The Bertz CT molecular complexity index is 614. The quantitative estimate of drug-likeness (QED) is 0.846. The fraction of sp³-hybridized carbons (Fsp3) is 0.154. The van der Waals surface area contributed by atoms with Gasteiger partial charge in [0.25, 0.3) is 5.89 Å². The minimum absolute atomic E-state index is 0.0131. The summed E-state index contributed by atoms with van der Waals surface area (Å²) >= 11 is 0. The van der Waals surface area contributed by atoms with Crippen LogP contribution in [0.5, 0.6) is 5.75 Å².